The maximum absolute atomic E-state index is 12.0. The van der Waals surface area contributed by atoms with Crippen LogP contribution in [0.25, 0.3) is 5.69 Å². The Morgan fingerprint density at radius 1 is 1.41 bits per heavy atom. The molecule has 0 saturated heterocycles. The van der Waals surface area contributed by atoms with Gasteiger partial charge >= 0.3 is 0 Å². The van der Waals surface area contributed by atoms with Crippen molar-refractivity contribution in [3.05, 3.63) is 45.9 Å². The van der Waals surface area contributed by atoms with E-state index in [1.54, 1.807) is 0 Å². The van der Waals surface area contributed by atoms with Crippen molar-refractivity contribution in [1.29, 1.82) is 0 Å². The van der Waals surface area contributed by atoms with Gasteiger partial charge in [0.1, 0.15) is 5.69 Å². The molecule has 2 rings (SSSR count). The lowest BCUT2D eigenvalue weighted by atomic mass is 10.2. The van der Waals surface area contributed by atoms with Gasteiger partial charge in [0.25, 0.3) is 5.56 Å². The highest BCUT2D eigenvalue weighted by Crippen LogP contribution is 2.11. The molecule has 0 radical (unpaired) electrons. The minimum absolute atomic E-state index is 0.168. The fourth-order valence-electron chi connectivity index (χ4n) is 1.88. The van der Waals surface area contributed by atoms with Crippen LogP contribution >= 0.6 is 0 Å². The third-order valence-corrected chi connectivity index (χ3v) is 2.77. The van der Waals surface area contributed by atoms with Crippen LogP contribution in [-0.2, 0) is 6.42 Å². The van der Waals surface area contributed by atoms with Crippen molar-refractivity contribution in [3.8, 4) is 5.69 Å². The van der Waals surface area contributed by atoms with Crippen molar-refractivity contribution < 1.29 is 0 Å². The second kappa shape index (κ2) is 4.49. The van der Waals surface area contributed by atoms with Gasteiger partial charge < -0.3 is 5.73 Å². The number of nitrogens with zero attached hydrogens (tertiary/aromatic N) is 1. The number of aryl methyl sites for hydroxylation is 2. The van der Waals surface area contributed by atoms with E-state index < -0.39 is 0 Å². The number of rotatable bonds is 3. The highest BCUT2D eigenvalue weighted by molar-refractivity contribution is 5.45. The Morgan fingerprint density at radius 3 is 2.82 bits per heavy atom. The molecule has 0 spiro atoms. The van der Waals surface area contributed by atoms with Crippen molar-refractivity contribution >= 4 is 5.69 Å². The Kier molecular flexibility index (Phi) is 3.04. The van der Waals surface area contributed by atoms with Crippen LogP contribution in [0.2, 0.25) is 0 Å². The van der Waals surface area contributed by atoms with Crippen molar-refractivity contribution in [1.82, 2.24) is 9.78 Å². The number of nitrogens with one attached hydrogen (secondary N) is 1. The van der Waals surface area contributed by atoms with Crippen LogP contribution in [0.3, 0.4) is 0 Å². The molecule has 0 amide bonds. The number of aromatic amines is 1. The predicted octanol–water partition coefficient (Wildman–Crippen LogP) is 2.01. The summed E-state index contributed by atoms with van der Waals surface area (Å²) in [5.74, 6) is 0. The van der Waals surface area contributed by atoms with Crippen LogP contribution in [-0.4, -0.2) is 9.78 Å². The smallest absolute Gasteiger partial charge is 0.294 e. The van der Waals surface area contributed by atoms with E-state index in [9.17, 15) is 4.79 Å². The standard InChI is InChI=1S/C13H17N3O/c1-3-5-11-12(14)13(17)16(15-11)10-7-4-6-9(2)8-10/h4,6-8,15H,3,5,14H2,1-2H3. The first-order chi connectivity index (χ1) is 8.13. The molecule has 0 aliphatic rings. The van der Waals surface area contributed by atoms with E-state index in [2.05, 4.69) is 12.0 Å². The molecule has 17 heavy (non-hydrogen) atoms. The predicted molar refractivity (Wildman–Crippen MR) is 69.5 cm³/mol. The zero-order valence-electron chi connectivity index (χ0n) is 10.2. The van der Waals surface area contributed by atoms with Gasteiger partial charge in [0, 0.05) is 0 Å². The van der Waals surface area contributed by atoms with E-state index >= 15 is 0 Å². The molecule has 1 aromatic carbocycles. The minimum atomic E-state index is -0.168. The maximum atomic E-state index is 12.0. The molecule has 2 aromatic rings. The Morgan fingerprint density at radius 2 is 2.18 bits per heavy atom. The number of benzene rings is 1. The maximum Gasteiger partial charge on any atom is 0.294 e. The number of nitrogen functional groups attached to an aromatic ring is 1. The van der Waals surface area contributed by atoms with E-state index in [-0.39, 0.29) is 5.56 Å². The van der Waals surface area contributed by atoms with E-state index in [4.69, 9.17) is 5.73 Å². The highest BCUT2D eigenvalue weighted by atomic mass is 16.1. The lowest BCUT2D eigenvalue weighted by Gasteiger charge is -2.02. The van der Waals surface area contributed by atoms with Gasteiger partial charge in [-0.1, -0.05) is 25.5 Å². The molecule has 1 aromatic heterocycles. The van der Waals surface area contributed by atoms with Crippen LogP contribution < -0.4 is 11.3 Å². The summed E-state index contributed by atoms with van der Waals surface area (Å²) in [6, 6.07) is 7.76. The monoisotopic (exact) mass is 231 g/mol. The molecule has 3 N–H and O–H groups in total. The summed E-state index contributed by atoms with van der Waals surface area (Å²) >= 11 is 0. The van der Waals surface area contributed by atoms with Crippen LogP contribution in [0.15, 0.2) is 29.1 Å². The highest BCUT2D eigenvalue weighted by Gasteiger charge is 2.11. The summed E-state index contributed by atoms with van der Waals surface area (Å²) in [5, 5.41) is 3.07. The molecule has 4 nitrogen and oxygen atoms in total. The lowest BCUT2D eigenvalue weighted by Crippen LogP contribution is -2.16. The summed E-state index contributed by atoms with van der Waals surface area (Å²) in [6.07, 6.45) is 1.75. The second-order valence-corrected chi connectivity index (χ2v) is 4.23. The normalized spacial score (nSPS) is 10.7. The zero-order valence-corrected chi connectivity index (χ0v) is 10.2. The lowest BCUT2D eigenvalue weighted by molar-refractivity contribution is 0.793. The van der Waals surface area contributed by atoms with Crippen LogP contribution in [0.4, 0.5) is 5.69 Å². The number of aromatic nitrogens is 2. The molecule has 90 valence electrons. The summed E-state index contributed by atoms with van der Waals surface area (Å²) in [7, 11) is 0. The Labute approximate surface area is 100 Å². The van der Waals surface area contributed by atoms with Crippen molar-refractivity contribution in [3.63, 3.8) is 0 Å². The first kappa shape index (κ1) is 11.5. The van der Waals surface area contributed by atoms with E-state index in [0.29, 0.717) is 5.69 Å². The quantitative estimate of drug-likeness (QED) is 0.848. The van der Waals surface area contributed by atoms with Gasteiger partial charge in [-0.3, -0.25) is 9.89 Å². The third kappa shape index (κ3) is 2.11. The molecule has 1 heterocycles. The molecule has 0 aliphatic heterocycles. The number of hydrogen-bond acceptors (Lipinski definition) is 2. The number of hydrogen-bond donors (Lipinski definition) is 2. The van der Waals surface area contributed by atoms with Crippen molar-refractivity contribution in [2.75, 3.05) is 5.73 Å². The molecule has 0 aliphatic carbocycles. The molecular formula is C13H17N3O. The van der Waals surface area contributed by atoms with Crippen LogP contribution in [0.5, 0.6) is 0 Å². The van der Waals surface area contributed by atoms with E-state index in [1.807, 2.05) is 31.2 Å². The van der Waals surface area contributed by atoms with Gasteiger partial charge in [-0.2, -0.15) is 0 Å². The zero-order chi connectivity index (χ0) is 12.4. The minimum Gasteiger partial charge on any atom is -0.393 e. The van der Waals surface area contributed by atoms with Gasteiger partial charge in [-0.05, 0) is 31.0 Å². The van der Waals surface area contributed by atoms with Gasteiger partial charge in [0.2, 0.25) is 0 Å². The van der Waals surface area contributed by atoms with Gasteiger partial charge in [0.15, 0.2) is 0 Å². The summed E-state index contributed by atoms with van der Waals surface area (Å²) in [5.41, 5.74) is 8.71. The van der Waals surface area contributed by atoms with Crippen LogP contribution in [0.1, 0.15) is 24.6 Å². The number of nitrogens with two attached hydrogens (primary N) is 1. The van der Waals surface area contributed by atoms with Gasteiger partial charge in [-0.25, -0.2) is 4.68 Å². The summed E-state index contributed by atoms with van der Waals surface area (Å²) < 4.78 is 1.51. The van der Waals surface area contributed by atoms with E-state index in [1.165, 1.54) is 4.68 Å². The topological polar surface area (TPSA) is 63.8 Å². The van der Waals surface area contributed by atoms with Crippen LogP contribution in [0, 0.1) is 6.92 Å². The summed E-state index contributed by atoms with van der Waals surface area (Å²) in [6.45, 7) is 4.05. The first-order valence-corrected chi connectivity index (χ1v) is 5.80. The molecule has 0 unspecified atom stereocenters. The number of H-pyrrole nitrogens is 1. The SMILES string of the molecule is CCCc1[nH]n(-c2cccc(C)c2)c(=O)c1N. The second-order valence-electron chi connectivity index (χ2n) is 4.23. The molecule has 0 bridgehead atoms. The first-order valence-electron chi connectivity index (χ1n) is 5.80. The third-order valence-electron chi connectivity index (χ3n) is 2.77. The Bertz CT molecular complexity index is 581. The molecule has 0 atom stereocenters. The molecule has 0 saturated carbocycles. The number of anilines is 1. The summed E-state index contributed by atoms with van der Waals surface area (Å²) in [4.78, 5) is 12.0. The van der Waals surface area contributed by atoms with Crippen molar-refractivity contribution in [2.24, 2.45) is 0 Å². The van der Waals surface area contributed by atoms with Crippen molar-refractivity contribution in [2.45, 2.75) is 26.7 Å². The Balaban J connectivity index is 2.53. The van der Waals surface area contributed by atoms with E-state index in [0.717, 1.165) is 29.8 Å². The molecule has 0 fully saturated rings. The molecule has 4 heteroatoms. The molecular weight excluding hydrogens is 214 g/mol. The van der Waals surface area contributed by atoms with Gasteiger partial charge in [-0.15, -0.1) is 0 Å². The van der Waals surface area contributed by atoms with Gasteiger partial charge in [0.05, 0.1) is 11.4 Å². The average molecular weight is 231 g/mol. The Hall–Kier alpha value is -1.97. The fraction of sp³-hybridized carbons (Fsp3) is 0.308. The fourth-order valence-corrected chi connectivity index (χ4v) is 1.88. The largest absolute Gasteiger partial charge is 0.393 e. The average Bonchev–Trinajstić information content (AvgIpc) is 2.58.